The van der Waals surface area contributed by atoms with Gasteiger partial charge in [0, 0.05) is 37.4 Å². The van der Waals surface area contributed by atoms with Gasteiger partial charge in [-0.25, -0.2) is 9.78 Å². The van der Waals surface area contributed by atoms with Crippen molar-refractivity contribution in [3.05, 3.63) is 62.4 Å². The van der Waals surface area contributed by atoms with Gasteiger partial charge >= 0.3 is 5.69 Å². The first kappa shape index (κ1) is 20.4. The number of carbonyl (C=O) groups is 1. The molecule has 30 heavy (non-hydrogen) atoms. The number of carbonyl (C=O) groups excluding carboxylic acids is 1. The summed E-state index contributed by atoms with van der Waals surface area (Å²) in [6, 6.07) is 7.94. The van der Waals surface area contributed by atoms with E-state index >= 15 is 0 Å². The molecule has 1 amide bonds. The van der Waals surface area contributed by atoms with Gasteiger partial charge in [0.1, 0.15) is 5.65 Å². The zero-order valence-corrected chi connectivity index (χ0v) is 18.3. The number of rotatable bonds is 4. The minimum atomic E-state index is -0.419. The highest BCUT2D eigenvalue weighted by Crippen LogP contribution is 2.34. The Kier molecular flexibility index (Phi) is 5.27. The average Bonchev–Trinajstić information content (AvgIpc) is 3.18. The van der Waals surface area contributed by atoms with Crippen LogP contribution in [-0.4, -0.2) is 32.3 Å². The molecule has 0 N–H and O–H groups in total. The summed E-state index contributed by atoms with van der Waals surface area (Å²) in [7, 11) is 3.07. The van der Waals surface area contributed by atoms with Gasteiger partial charge in [0.15, 0.2) is 0 Å². The third-order valence-corrected chi connectivity index (χ3v) is 6.72. The van der Waals surface area contributed by atoms with E-state index in [2.05, 4.69) is 4.98 Å². The van der Waals surface area contributed by atoms with Crippen molar-refractivity contribution in [1.82, 2.24) is 14.1 Å². The normalized spacial score (nSPS) is 13.3. The molecule has 0 aliphatic carbocycles. The predicted molar refractivity (Wildman–Crippen MR) is 120 cm³/mol. The van der Waals surface area contributed by atoms with Crippen LogP contribution in [0.5, 0.6) is 0 Å². The van der Waals surface area contributed by atoms with Crippen molar-refractivity contribution in [3.8, 4) is 0 Å². The Balaban J connectivity index is 1.75. The van der Waals surface area contributed by atoms with Gasteiger partial charge in [0.05, 0.1) is 11.1 Å². The number of benzene rings is 1. The van der Waals surface area contributed by atoms with E-state index in [1.165, 1.54) is 28.9 Å². The second-order valence-corrected chi connectivity index (χ2v) is 8.80. The number of aromatic nitrogens is 3. The molecular weight excluding hydrogens is 400 g/mol. The van der Waals surface area contributed by atoms with Crippen LogP contribution in [0.1, 0.15) is 30.9 Å². The Morgan fingerprint density at radius 3 is 2.63 bits per heavy atom. The molecule has 3 heterocycles. The van der Waals surface area contributed by atoms with Crippen molar-refractivity contribution < 1.29 is 4.79 Å². The second-order valence-electron chi connectivity index (χ2n) is 7.81. The molecule has 0 spiro atoms. The maximum absolute atomic E-state index is 13.0. The van der Waals surface area contributed by atoms with Crippen LogP contribution in [0, 0.1) is 0 Å². The molecule has 156 valence electrons. The number of anilines is 1. The first-order chi connectivity index (χ1) is 14.3. The molecule has 2 aromatic heterocycles. The molecule has 0 saturated carbocycles. The quantitative estimate of drug-likeness (QED) is 0.601. The average molecular weight is 425 g/mol. The molecule has 0 saturated heterocycles. The minimum absolute atomic E-state index is 0.00580. The van der Waals surface area contributed by atoms with Crippen LogP contribution in [0.25, 0.3) is 11.0 Å². The van der Waals surface area contributed by atoms with Gasteiger partial charge in [0.25, 0.3) is 5.56 Å². The van der Waals surface area contributed by atoms with Gasteiger partial charge in [0.2, 0.25) is 5.91 Å². The lowest BCUT2D eigenvalue weighted by molar-refractivity contribution is -0.116. The Labute approximate surface area is 178 Å². The fraction of sp³-hybridized carbons (Fsp3) is 0.364. The third-order valence-electron chi connectivity index (χ3n) is 5.60. The lowest BCUT2D eigenvalue weighted by atomic mass is 10.0. The predicted octanol–water partition coefficient (Wildman–Crippen LogP) is 2.44. The molecule has 0 radical (unpaired) electrons. The second kappa shape index (κ2) is 7.75. The first-order valence-electron chi connectivity index (χ1n) is 9.91. The molecule has 0 unspecified atom stereocenters. The molecule has 1 aliphatic heterocycles. The number of hydrogen-bond donors (Lipinski definition) is 0. The molecule has 0 atom stereocenters. The number of pyridine rings is 1. The molecular formula is C22H24N4O3S. The van der Waals surface area contributed by atoms with E-state index < -0.39 is 5.69 Å². The van der Waals surface area contributed by atoms with Gasteiger partial charge in [-0.3, -0.25) is 18.7 Å². The summed E-state index contributed by atoms with van der Waals surface area (Å²) in [5, 5.41) is 0.394. The smallest absolute Gasteiger partial charge is 0.311 e. The van der Waals surface area contributed by atoms with Crippen LogP contribution < -0.4 is 16.1 Å². The number of nitrogens with zero attached hydrogens (tertiary/aromatic N) is 4. The van der Waals surface area contributed by atoms with Gasteiger partial charge in [-0.15, -0.1) is 11.8 Å². The highest BCUT2D eigenvalue weighted by Gasteiger charge is 2.25. The summed E-state index contributed by atoms with van der Waals surface area (Å²) < 4.78 is 2.47. The van der Waals surface area contributed by atoms with Crippen LogP contribution >= 0.6 is 11.8 Å². The van der Waals surface area contributed by atoms with Crippen molar-refractivity contribution in [2.24, 2.45) is 14.1 Å². The molecule has 0 bridgehead atoms. The zero-order chi connectivity index (χ0) is 21.6. The SMILES string of the molecule is CC(C)c1cnc2c(c1SCC(=O)N1CCc3ccccc31)c(=O)n(C)c(=O)n2C. The summed E-state index contributed by atoms with van der Waals surface area (Å²) in [4.78, 5) is 45.2. The number of hydrogen-bond acceptors (Lipinski definition) is 5. The van der Waals surface area contributed by atoms with Gasteiger partial charge in [-0.2, -0.15) is 0 Å². The van der Waals surface area contributed by atoms with E-state index in [0.29, 0.717) is 17.6 Å². The highest BCUT2D eigenvalue weighted by molar-refractivity contribution is 8.00. The third kappa shape index (κ3) is 3.25. The summed E-state index contributed by atoms with van der Waals surface area (Å²) in [5.74, 6) is 0.333. The highest BCUT2D eigenvalue weighted by atomic mass is 32.2. The van der Waals surface area contributed by atoms with Crippen LogP contribution in [0.2, 0.25) is 0 Å². The molecule has 8 heteroatoms. The summed E-state index contributed by atoms with van der Waals surface area (Å²) in [6.07, 6.45) is 2.56. The lowest BCUT2D eigenvalue weighted by Gasteiger charge is -2.19. The van der Waals surface area contributed by atoms with Crippen molar-refractivity contribution >= 4 is 34.4 Å². The van der Waals surface area contributed by atoms with Crippen LogP contribution in [-0.2, 0) is 25.3 Å². The molecule has 1 aromatic carbocycles. The fourth-order valence-corrected chi connectivity index (χ4v) is 5.09. The van der Waals surface area contributed by atoms with Crippen molar-refractivity contribution in [3.63, 3.8) is 0 Å². The molecule has 4 rings (SSSR count). The van der Waals surface area contributed by atoms with E-state index in [4.69, 9.17) is 0 Å². The van der Waals surface area contributed by atoms with Crippen molar-refractivity contribution in [2.75, 3.05) is 17.2 Å². The monoisotopic (exact) mass is 424 g/mol. The number of aryl methyl sites for hydroxylation is 1. The summed E-state index contributed by atoms with van der Waals surface area (Å²) in [6.45, 7) is 4.72. The Morgan fingerprint density at radius 1 is 1.17 bits per heavy atom. The lowest BCUT2D eigenvalue weighted by Crippen LogP contribution is -2.37. The van der Waals surface area contributed by atoms with Crippen molar-refractivity contribution in [1.29, 1.82) is 0 Å². The summed E-state index contributed by atoms with van der Waals surface area (Å²) >= 11 is 1.35. The topological polar surface area (TPSA) is 77.2 Å². The van der Waals surface area contributed by atoms with E-state index in [0.717, 1.165) is 27.1 Å². The molecule has 1 aliphatic rings. The molecule has 7 nitrogen and oxygen atoms in total. The van der Waals surface area contributed by atoms with Gasteiger partial charge in [-0.1, -0.05) is 32.0 Å². The number of thioether (sulfide) groups is 1. The Bertz CT molecular complexity index is 1280. The summed E-state index contributed by atoms with van der Waals surface area (Å²) in [5.41, 5.74) is 2.58. The van der Waals surface area contributed by atoms with E-state index in [-0.39, 0.29) is 23.1 Å². The maximum Gasteiger partial charge on any atom is 0.332 e. The van der Waals surface area contributed by atoms with Crippen LogP contribution in [0.15, 0.2) is 44.9 Å². The Morgan fingerprint density at radius 2 is 1.90 bits per heavy atom. The largest absolute Gasteiger partial charge is 0.332 e. The fourth-order valence-electron chi connectivity index (χ4n) is 3.89. The molecule has 3 aromatic rings. The van der Waals surface area contributed by atoms with E-state index in [1.807, 2.05) is 43.0 Å². The first-order valence-corrected chi connectivity index (χ1v) is 10.9. The van der Waals surface area contributed by atoms with E-state index in [1.54, 1.807) is 13.2 Å². The molecule has 0 fully saturated rings. The maximum atomic E-state index is 13.0. The number of fused-ring (bicyclic) bond motifs is 2. The minimum Gasteiger partial charge on any atom is -0.311 e. The zero-order valence-electron chi connectivity index (χ0n) is 17.5. The van der Waals surface area contributed by atoms with Gasteiger partial charge < -0.3 is 4.90 Å². The van der Waals surface area contributed by atoms with E-state index in [9.17, 15) is 14.4 Å². The van der Waals surface area contributed by atoms with Crippen LogP contribution in [0.4, 0.5) is 5.69 Å². The van der Waals surface area contributed by atoms with Gasteiger partial charge in [-0.05, 0) is 29.5 Å². The number of para-hydroxylation sites is 1. The van der Waals surface area contributed by atoms with Crippen molar-refractivity contribution in [2.45, 2.75) is 31.1 Å². The Hall–Kier alpha value is -2.87. The number of amides is 1. The van der Waals surface area contributed by atoms with Crippen LogP contribution in [0.3, 0.4) is 0 Å². The standard InChI is InChI=1S/C22H24N4O3S/c1-13(2)15-11-23-20-18(21(28)25(4)22(29)24(20)3)19(15)30-12-17(27)26-10-9-14-7-5-6-8-16(14)26/h5-8,11,13H,9-10,12H2,1-4H3.